The molecule has 3 aliphatic heterocycles. The number of carbonyl (C=O) groups is 1. The van der Waals surface area contributed by atoms with E-state index in [1.54, 1.807) is 36.4 Å². The summed E-state index contributed by atoms with van der Waals surface area (Å²) in [4.78, 5) is 64.5. The Kier molecular flexibility index (Phi) is 11.4. The second-order valence-electron chi connectivity index (χ2n) is 13.4. The number of phosphoric ester groups is 1. The average Bonchev–Trinajstić information content (AvgIpc) is 3.86. The van der Waals surface area contributed by atoms with Crippen molar-refractivity contribution in [3.63, 3.8) is 0 Å². The van der Waals surface area contributed by atoms with Crippen molar-refractivity contribution in [3.8, 4) is 5.75 Å². The zero-order valence-electron chi connectivity index (χ0n) is 30.3. The Bertz CT molecular complexity index is 2580. The quantitative estimate of drug-likeness (QED) is 0.135. The number of ether oxygens (including phenoxy) is 3. The lowest BCUT2D eigenvalue weighted by Crippen LogP contribution is -2.37. The van der Waals surface area contributed by atoms with Gasteiger partial charge in [0.05, 0.1) is 25.1 Å². The highest BCUT2D eigenvalue weighted by Gasteiger charge is 2.54. The van der Waals surface area contributed by atoms with E-state index in [1.165, 1.54) is 12.1 Å². The monoisotopic (exact) mass is 878 g/mol. The first kappa shape index (κ1) is 41.1. The van der Waals surface area contributed by atoms with E-state index in [1.807, 2.05) is 11.9 Å². The van der Waals surface area contributed by atoms with Gasteiger partial charge in [0.25, 0.3) is 13.4 Å². The highest BCUT2D eigenvalue weighted by Crippen LogP contribution is 2.65. The fourth-order valence-electron chi connectivity index (χ4n) is 6.45. The number of carbonyl (C=O) groups excluding carboxylic acids is 1. The van der Waals surface area contributed by atoms with Gasteiger partial charge in [-0.2, -0.15) is 0 Å². The van der Waals surface area contributed by atoms with E-state index in [2.05, 4.69) is 15.0 Å². The van der Waals surface area contributed by atoms with Crippen LogP contribution in [0, 0.1) is 6.92 Å². The van der Waals surface area contributed by atoms with Crippen LogP contribution in [-0.4, -0.2) is 85.0 Å². The Balaban J connectivity index is 1.09. The molecule has 3 saturated heterocycles. The number of halogens is 2. The molecule has 20 nitrogen and oxygen atoms in total. The summed E-state index contributed by atoms with van der Waals surface area (Å²) in [6.45, 7) is -4.74. The van der Waals surface area contributed by atoms with Gasteiger partial charge >= 0.3 is 18.5 Å². The highest BCUT2D eigenvalue weighted by atomic mass is 32.7. The van der Waals surface area contributed by atoms with E-state index >= 15 is 8.78 Å². The summed E-state index contributed by atoms with van der Waals surface area (Å²) in [5.41, 5.74) is 5.96. The van der Waals surface area contributed by atoms with Gasteiger partial charge in [-0.25, -0.2) is 37.9 Å². The Morgan fingerprint density at radius 2 is 1.66 bits per heavy atom. The lowest BCUT2D eigenvalue weighted by atomic mass is 10.1. The summed E-state index contributed by atoms with van der Waals surface area (Å²) < 4.78 is 101. The number of rotatable bonds is 7. The minimum absolute atomic E-state index is 0.0276. The second-order valence-corrected chi connectivity index (χ2v) is 18.8. The van der Waals surface area contributed by atoms with Crippen molar-refractivity contribution < 1.29 is 59.9 Å². The molecule has 3 aromatic heterocycles. The molecule has 25 heteroatoms. The Labute approximate surface area is 334 Å². The van der Waals surface area contributed by atoms with Crippen LogP contribution in [0.5, 0.6) is 5.75 Å². The summed E-state index contributed by atoms with van der Waals surface area (Å²) in [6.07, 6.45) is -12.1. The van der Waals surface area contributed by atoms with Crippen LogP contribution in [0.1, 0.15) is 33.9 Å². The minimum Gasteiger partial charge on any atom is -0.756 e. The lowest BCUT2D eigenvalue weighted by Gasteiger charge is -2.30. The van der Waals surface area contributed by atoms with Gasteiger partial charge in [0, 0.05) is 18.0 Å². The molecule has 1 unspecified atom stereocenters. The number of nitrogens with zero attached hydrogens (tertiary/aromatic N) is 5. The number of imidazole rings is 1. The smallest absolute Gasteiger partial charge is 0.390 e. The van der Waals surface area contributed by atoms with E-state index in [9.17, 15) is 28.4 Å². The number of nitrogen functional groups attached to an aromatic ring is 1. The molecular formula is C34H32F2N7O13P2S-. The SMILES string of the molecule is Cc1ccc(C(=O)Oc2ccc(CS[P@]3(=O)OC[C@H]4O[C@@H](n5cnc6c(N)ncnc65)[C@H](F)[C@@H]4OP(=O)([O-])OC[C@H]4O[C@@H](n5ccc(=O)[nH]c5=O)[C@H](O3)[C@@H]4F)cc2)cc1. The highest BCUT2D eigenvalue weighted by molar-refractivity contribution is 8.54. The number of hydrogen-bond donors (Lipinski definition) is 2. The molecule has 3 aliphatic rings. The first-order chi connectivity index (χ1) is 28.2. The van der Waals surface area contributed by atoms with Crippen molar-refractivity contribution in [2.24, 2.45) is 0 Å². The standard InChI is InChI=1S/C34H33F2N7O13P2S/c1-17-2-6-19(7-3-17)33(45)52-20-8-4-18(5-9-20)14-59-58(49)51-13-22-27(25(36)31(54-22)43-16-40-26-29(37)38-15-39-30(26)43)55-57(47,48)50-12-21-24(35)28(56-58)32(53-21)42-11-10-23(44)41-34(42)46/h2-11,15-16,21-22,24-25,27-28,31-32H,12-14H2,1H3,(H,47,48)(H2,37,38,39)(H,41,44,46)/p-1/t21-,22-,24-,25-,27-,28-,31-,32-,58-/m1/s1. The first-order valence-electron chi connectivity index (χ1n) is 17.6. The van der Waals surface area contributed by atoms with Crippen molar-refractivity contribution >= 4 is 49.0 Å². The van der Waals surface area contributed by atoms with Crippen LogP contribution in [0.25, 0.3) is 11.2 Å². The van der Waals surface area contributed by atoms with Gasteiger partial charge in [-0.15, -0.1) is 0 Å². The fourth-order valence-corrected chi connectivity index (χ4v) is 10.7. The molecule has 59 heavy (non-hydrogen) atoms. The molecule has 0 amide bonds. The van der Waals surface area contributed by atoms with Gasteiger partial charge in [0.2, 0.25) is 0 Å². The number of benzene rings is 2. The largest absolute Gasteiger partial charge is 0.756 e. The molecule has 5 aromatic rings. The zero-order chi connectivity index (χ0) is 41.6. The number of aromatic nitrogens is 6. The normalized spacial score (nSPS) is 31.2. The van der Waals surface area contributed by atoms with Gasteiger partial charge in [0.1, 0.15) is 42.0 Å². The lowest BCUT2D eigenvalue weighted by molar-refractivity contribution is -0.235. The molecule has 312 valence electrons. The molecule has 8 rings (SSSR count). The minimum atomic E-state index is -5.51. The van der Waals surface area contributed by atoms with Crippen molar-refractivity contribution in [1.29, 1.82) is 0 Å². The number of alkyl halides is 2. The maximum atomic E-state index is 16.3. The number of nitrogens with one attached hydrogen (secondary N) is 1. The molecular weight excluding hydrogens is 846 g/mol. The third-order valence-corrected chi connectivity index (χ3v) is 14.0. The van der Waals surface area contributed by atoms with Crippen LogP contribution in [-0.2, 0) is 42.5 Å². The van der Waals surface area contributed by atoms with Crippen LogP contribution in [0.3, 0.4) is 0 Å². The summed E-state index contributed by atoms with van der Waals surface area (Å²) >= 11 is 0.559. The molecule has 3 N–H and O–H groups in total. The molecule has 0 aliphatic carbocycles. The van der Waals surface area contributed by atoms with Gasteiger partial charge in [-0.05, 0) is 48.1 Å². The van der Waals surface area contributed by atoms with Gasteiger partial charge < -0.3 is 33.9 Å². The van der Waals surface area contributed by atoms with Crippen LogP contribution >= 0.6 is 26.0 Å². The van der Waals surface area contributed by atoms with Crippen LogP contribution in [0.15, 0.2) is 83.0 Å². The molecule has 0 radical (unpaired) electrons. The van der Waals surface area contributed by atoms with Crippen molar-refractivity contribution in [1.82, 2.24) is 29.1 Å². The maximum Gasteiger partial charge on any atom is 0.390 e. The van der Waals surface area contributed by atoms with Crippen molar-refractivity contribution in [3.05, 3.63) is 111 Å². The number of anilines is 1. The number of nitrogens with two attached hydrogens (primary N) is 1. The van der Waals surface area contributed by atoms with E-state index in [0.717, 1.165) is 39.6 Å². The van der Waals surface area contributed by atoms with Crippen LogP contribution < -0.4 is 26.6 Å². The van der Waals surface area contributed by atoms with Gasteiger partial charge in [-0.1, -0.05) is 29.8 Å². The molecule has 6 heterocycles. The third-order valence-electron chi connectivity index (χ3n) is 9.42. The molecule has 2 bridgehead atoms. The topological polar surface area (TPSA) is 263 Å². The predicted molar refractivity (Wildman–Crippen MR) is 199 cm³/mol. The summed E-state index contributed by atoms with van der Waals surface area (Å²) in [5.74, 6) is -0.559. The van der Waals surface area contributed by atoms with Gasteiger partial charge in [-0.3, -0.25) is 32.5 Å². The number of H-pyrrole nitrogens is 1. The van der Waals surface area contributed by atoms with Crippen LogP contribution in [0.2, 0.25) is 0 Å². The predicted octanol–water partition coefficient (Wildman–Crippen LogP) is 3.28. The van der Waals surface area contributed by atoms with Gasteiger partial charge in [0.15, 0.2) is 36.3 Å². The summed E-state index contributed by atoms with van der Waals surface area (Å²) in [6, 6.07) is 13.8. The molecule has 2 aromatic carbocycles. The molecule has 10 atom stereocenters. The molecule has 0 saturated carbocycles. The number of fused-ring (bicyclic) bond motifs is 4. The number of esters is 1. The number of aromatic amines is 1. The van der Waals surface area contributed by atoms with Crippen molar-refractivity contribution in [2.45, 2.75) is 61.9 Å². The van der Waals surface area contributed by atoms with E-state index in [-0.39, 0.29) is 28.5 Å². The molecule has 3 fully saturated rings. The Morgan fingerprint density at radius 3 is 2.41 bits per heavy atom. The first-order valence-corrected chi connectivity index (χ1v) is 22.2. The number of aryl methyl sites for hydroxylation is 1. The van der Waals surface area contributed by atoms with E-state index in [0.29, 0.717) is 22.5 Å². The van der Waals surface area contributed by atoms with E-state index in [4.69, 9.17) is 38.0 Å². The number of phosphoric acid groups is 1. The maximum absolute atomic E-state index is 16.3. The third kappa shape index (κ3) is 8.67. The second kappa shape index (κ2) is 16.4. The fraction of sp³-hybridized carbons (Fsp3) is 0.353. The summed E-state index contributed by atoms with van der Waals surface area (Å²) in [5, 5.41) is 0. The van der Waals surface area contributed by atoms with Crippen molar-refractivity contribution in [2.75, 3.05) is 18.9 Å². The summed E-state index contributed by atoms with van der Waals surface area (Å²) in [7, 11) is -5.51. The van der Waals surface area contributed by atoms with E-state index < -0.39 is 94.3 Å². The Morgan fingerprint density at radius 1 is 0.932 bits per heavy atom. The average molecular weight is 879 g/mol. The number of hydrogen-bond acceptors (Lipinski definition) is 18. The van der Waals surface area contributed by atoms with Crippen LogP contribution in [0.4, 0.5) is 14.6 Å². The zero-order valence-corrected chi connectivity index (χ0v) is 33.0. The Hall–Kier alpha value is -4.67. The molecule has 0 spiro atoms.